The van der Waals surface area contributed by atoms with E-state index in [0.717, 1.165) is 5.56 Å². The fraction of sp³-hybridized carbons (Fsp3) is 0.250. The van der Waals surface area contributed by atoms with Crippen LogP contribution < -0.4 is 10.5 Å². The number of hydrogen-bond acceptors (Lipinski definition) is 4. The molecule has 0 aliphatic heterocycles. The lowest BCUT2D eigenvalue weighted by molar-refractivity contribution is 0.600. The smallest absolute Gasteiger partial charge is 0.262 e. The molecule has 2 rings (SSSR count). The highest BCUT2D eigenvalue weighted by Crippen LogP contribution is 2.20. The van der Waals surface area contributed by atoms with Gasteiger partial charge >= 0.3 is 0 Å². The Bertz CT molecular complexity index is 692. The summed E-state index contributed by atoms with van der Waals surface area (Å²) in [7, 11) is -1.90. The molecular formula is C12H16N4O2S. The molecule has 0 aliphatic rings. The van der Waals surface area contributed by atoms with E-state index in [4.69, 9.17) is 5.73 Å². The predicted molar refractivity (Wildman–Crippen MR) is 73.1 cm³/mol. The predicted octanol–water partition coefficient (Wildman–Crippen LogP) is 0.988. The van der Waals surface area contributed by atoms with Crippen molar-refractivity contribution in [3.05, 3.63) is 41.7 Å². The van der Waals surface area contributed by atoms with Crippen LogP contribution in [-0.2, 0) is 23.6 Å². The monoisotopic (exact) mass is 280 g/mol. The highest BCUT2D eigenvalue weighted by Gasteiger charge is 2.18. The number of nitrogens with zero attached hydrogens (tertiary/aromatic N) is 2. The van der Waals surface area contributed by atoms with E-state index in [9.17, 15) is 8.42 Å². The van der Waals surface area contributed by atoms with E-state index in [2.05, 4.69) is 9.82 Å². The van der Waals surface area contributed by atoms with Gasteiger partial charge in [0.2, 0.25) is 0 Å². The molecule has 0 spiro atoms. The first kappa shape index (κ1) is 13.6. The first-order chi connectivity index (χ1) is 8.92. The van der Waals surface area contributed by atoms with Crippen molar-refractivity contribution < 1.29 is 8.42 Å². The fourth-order valence-corrected chi connectivity index (χ4v) is 3.07. The second-order valence-electron chi connectivity index (χ2n) is 4.31. The largest absolute Gasteiger partial charge is 0.326 e. The van der Waals surface area contributed by atoms with Gasteiger partial charge in [0.05, 0.1) is 16.8 Å². The van der Waals surface area contributed by atoms with Crippen molar-refractivity contribution >= 4 is 15.7 Å². The minimum Gasteiger partial charge on any atom is -0.326 e. The second-order valence-corrected chi connectivity index (χ2v) is 5.96. The first-order valence-corrected chi connectivity index (χ1v) is 7.22. The van der Waals surface area contributed by atoms with E-state index in [-0.39, 0.29) is 4.90 Å². The van der Waals surface area contributed by atoms with Gasteiger partial charge < -0.3 is 5.73 Å². The molecule has 6 nitrogen and oxygen atoms in total. The summed E-state index contributed by atoms with van der Waals surface area (Å²) in [6.45, 7) is 2.05. The van der Waals surface area contributed by atoms with Gasteiger partial charge in [-0.15, -0.1) is 0 Å². The Kier molecular flexibility index (Phi) is 3.59. The summed E-state index contributed by atoms with van der Waals surface area (Å²) in [4.78, 5) is 0.235. The van der Waals surface area contributed by atoms with Gasteiger partial charge in [0.1, 0.15) is 0 Å². The molecule has 2 aromatic rings. The summed E-state index contributed by atoms with van der Waals surface area (Å²) >= 11 is 0. The number of sulfonamides is 1. The zero-order valence-electron chi connectivity index (χ0n) is 10.8. The average molecular weight is 280 g/mol. The van der Waals surface area contributed by atoms with E-state index < -0.39 is 10.0 Å². The number of nitrogens with one attached hydrogen (secondary N) is 1. The van der Waals surface area contributed by atoms with E-state index >= 15 is 0 Å². The molecule has 0 amide bonds. The van der Waals surface area contributed by atoms with Crippen LogP contribution in [0.25, 0.3) is 0 Å². The Labute approximate surface area is 112 Å². The lowest BCUT2D eigenvalue weighted by Gasteiger charge is -2.10. The maximum absolute atomic E-state index is 12.3. The highest BCUT2D eigenvalue weighted by molar-refractivity contribution is 7.92. The van der Waals surface area contributed by atoms with Crippen molar-refractivity contribution in [1.82, 2.24) is 9.78 Å². The molecule has 0 unspecified atom stereocenters. The average Bonchev–Trinajstić information content (AvgIpc) is 2.74. The Balaban J connectivity index is 2.39. The number of aryl methyl sites for hydroxylation is 2. The molecule has 0 radical (unpaired) electrons. The molecule has 0 bridgehead atoms. The Morgan fingerprint density at radius 2 is 2.16 bits per heavy atom. The van der Waals surface area contributed by atoms with Crippen LogP contribution in [0.3, 0.4) is 0 Å². The van der Waals surface area contributed by atoms with Gasteiger partial charge in [-0.2, -0.15) is 5.10 Å². The molecular weight excluding hydrogens is 264 g/mol. The zero-order valence-corrected chi connectivity index (χ0v) is 11.6. The molecule has 3 N–H and O–H groups in total. The highest BCUT2D eigenvalue weighted by atomic mass is 32.2. The number of anilines is 1. The third-order valence-electron chi connectivity index (χ3n) is 2.73. The summed E-state index contributed by atoms with van der Waals surface area (Å²) in [5.74, 6) is 0. The molecule has 0 saturated carbocycles. The van der Waals surface area contributed by atoms with Gasteiger partial charge in [-0.25, -0.2) is 8.42 Å². The summed E-state index contributed by atoms with van der Waals surface area (Å²) in [6, 6.07) is 5.16. The molecule has 1 heterocycles. The van der Waals surface area contributed by atoms with Gasteiger partial charge in [-0.05, 0) is 24.1 Å². The van der Waals surface area contributed by atoms with Gasteiger partial charge in [0.15, 0.2) is 0 Å². The van der Waals surface area contributed by atoms with Crippen molar-refractivity contribution in [3.63, 3.8) is 0 Å². The number of aromatic nitrogens is 2. The normalized spacial score (nSPS) is 11.5. The van der Waals surface area contributed by atoms with E-state index in [0.29, 0.717) is 17.8 Å². The first-order valence-electron chi connectivity index (χ1n) is 5.73. The van der Waals surface area contributed by atoms with Crippen LogP contribution in [0, 0.1) is 6.92 Å². The number of benzene rings is 1. The Hall–Kier alpha value is -1.86. The van der Waals surface area contributed by atoms with Crippen molar-refractivity contribution in [2.24, 2.45) is 12.8 Å². The molecule has 19 heavy (non-hydrogen) atoms. The molecule has 0 aliphatic carbocycles. The number of nitrogens with two attached hydrogens (primary N) is 1. The molecule has 0 atom stereocenters. The lowest BCUT2D eigenvalue weighted by atomic mass is 10.1. The molecule has 7 heteroatoms. The lowest BCUT2D eigenvalue weighted by Crippen LogP contribution is -2.14. The Morgan fingerprint density at radius 3 is 2.74 bits per heavy atom. The van der Waals surface area contributed by atoms with Gasteiger partial charge in [0, 0.05) is 19.8 Å². The van der Waals surface area contributed by atoms with Crippen LogP contribution >= 0.6 is 0 Å². The quantitative estimate of drug-likeness (QED) is 0.873. The number of hydrogen-bond donors (Lipinski definition) is 2. The van der Waals surface area contributed by atoms with Gasteiger partial charge in [-0.3, -0.25) is 9.40 Å². The fourth-order valence-electron chi connectivity index (χ4n) is 1.75. The summed E-state index contributed by atoms with van der Waals surface area (Å²) < 4.78 is 28.6. The van der Waals surface area contributed by atoms with Crippen LogP contribution in [0.2, 0.25) is 0 Å². The van der Waals surface area contributed by atoms with Crippen molar-refractivity contribution in [2.75, 3.05) is 4.72 Å². The maximum Gasteiger partial charge on any atom is 0.262 e. The van der Waals surface area contributed by atoms with Crippen LogP contribution in [0.1, 0.15) is 11.1 Å². The molecule has 1 aromatic carbocycles. The van der Waals surface area contributed by atoms with Crippen LogP contribution in [0.5, 0.6) is 0 Å². The minimum atomic E-state index is -3.62. The van der Waals surface area contributed by atoms with Crippen molar-refractivity contribution in [1.29, 1.82) is 0 Å². The molecule has 102 valence electrons. The third-order valence-corrected chi connectivity index (χ3v) is 4.26. The van der Waals surface area contributed by atoms with E-state index in [1.807, 2.05) is 6.07 Å². The summed E-state index contributed by atoms with van der Waals surface area (Å²) in [5.41, 5.74) is 7.42. The number of rotatable bonds is 4. The van der Waals surface area contributed by atoms with Gasteiger partial charge in [-0.1, -0.05) is 12.1 Å². The molecule has 1 aromatic heterocycles. The third kappa shape index (κ3) is 2.94. The van der Waals surface area contributed by atoms with Gasteiger partial charge in [0.25, 0.3) is 10.0 Å². The van der Waals surface area contributed by atoms with Crippen molar-refractivity contribution in [3.8, 4) is 0 Å². The second kappa shape index (κ2) is 5.02. The Morgan fingerprint density at radius 1 is 1.42 bits per heavy atom. The minimum absolute atomic E-state index is 0.235. The summed E-state index contributed by atoms with van der Waals surface area (Å²) in [5, 5.41) is 3.92. The molecule has 0 fully saturated rings. The standard InChI is InChI=1S/C12H16N4O2S/c1-9-3-4-10(6-13)5-12(9)19(17,18)15-11-7-14-16(2)8-11/h3-5,7-8,15H,6,13H2,1-2H3. The van der Waals surface area contributed by atoms with Crippen LogP contribution in [-0.4, -0.2) is 18.2 Å². The maximum atomic E-state index is 12.3. The summed E-state index contributed by atoms with van der Waals surface area (Å²) in [6.07, 6.45) is 3.05. The topological polar surface area (TPSA) is 90.0 Å². The van der Waals surface area contributed by atoms with E-state index in [1.54, 1.807) is 32.3 Å². The van der Waals surface area contributed by atoms with E-state index in [1.165, 1.54) is 10.9 Å². The van der Waals surface area contributed by atoms with Crippen molar-refractivity contribution in [2.45, 2.75) is 18.4 Å². The molecule has 0 saturated heterocycles. The van der Waals surface area contributed by atoms with Crippen LogP contribution in [0.4, 0.5) is 5.69 Å². The van der Waals surface area contributed by atoms with Crippen LogP contribution in [0.15, 0.2) is 35.5 Å². The zero-order chi connectivity index (χ0) is 14.0. The SMILES string of the molecule is Cc1ccc(CN)cc1S(=O)(=O)Nc1cnn(C)c1.